The van der Waals surface area contributed by atoms with Crippen LogP contribution in [0.15, 0.2) is 60.3 Å². The third-order valence-corrected chi connectivity index (χ3v) is 6.51. The van der Waals surface area contributed by atoms with Crippen LogP contribution in [0.4, 0.5) is 11.4 Å². The number of carbonyl (C=O) groups excluding carboxylic acids is 2. The van der Waals surface area contributed by atoms with Crippen LogP contribution in [0.3, 0.4) is 0 Å². The topological polar surface area (TPSA) is 67.9 Å². The van der Waals surface area contributed by atoms with Gasteiger partial charge >= 0.3 is 0 Å². The van der Waals surface area contributed by atoms with E-state index in [1.165, 1.54) is 4.90 Å². The fourth-order valence-electron chi connectivity index (χ4n) is 4.27. The molecule has 2 heterocycles. The molecule has 1 N–H and O–H groups in total. The van der Waals surface area contributed by atoms with Crippen molar-refractivity contribution in [3.05, 3.63) is 88.1 Å². The van der Waals surface area contributed by atoms with Gasteiger partial charge in [0.1, 0.15) is 18.9 Å². The van der Waals surface area contributed by atoms with Crippen molar-refractivity contribution in [2.75, 3.05) is 23.4 Å². The molecule has 3 aromatic rings. The second kappa shape index (κ2) is 8.37. The van der Waals surface area contributed by atoms with E-state index in [1.54, 1.807) is 12.1 Å². The summed E-state index contributed by atoms with van der Waals surface area (Å²) in [5.74, 6) is 0.530. The number of ether oxygens (including phenoxy) is 2. The van der Waals surface area contributed by atoms with Crippen molar-refractivity contribution in [3.8, 4) is 11.5 Å². The molecule has 0 radical (unpaired) electrons. The van der Waals surface area contributed by atoms with Crippen LogP contribution in [-0.2, 0) is 9.59 Å². The van der Waals surface area contributed by atoms with Crippen LogP contribution in [0, 0.1) is 27.7 Å². The molecule has 0 fully saturated rings. The number of hydrogen-bond donors (Lipinski definition) is 1. The van der Waals surface area contributed by atoms with Gasteiger partial charge in [0.2, 0.25) is 0 Å². The standard InChI is InChI=1S/C28H26N2O4/c1-16-8-9-20(14-18(16)3)25-26(29-21-10-11-23-24(15-21)34-13-12-33-23)28(32)30(27(25)31)22-7-5-6-17(2)19(22)4/h5-11,14-15,29H,12-13H2,1-4H3. The van der Waals surface area contributed by atoms with E-state index in [1.807, 2.05) is 70.2 Å². The average Bonchev–Trinajstić information content (AvgIpc) is 3.07. The van der Waals surface area contributed by atoms with E-state index < -0.39 is 0 Å². The quantitative estimate of drug-likeness (QED) is 0.557. The normalized spacial score (nSPS) is 15.2. The van der Waals surface area contributed by atoms with Gasteiger partial charge < -0.3 is 14.8 Å². The highest BCUT2D eigenvalue weighted by atomic mass is 16.6. The molecule has 6 heteroatoms. The number of fused-ring (bicyclic) bond motifs is 1. The summed E-state index contributed by atoms with van der Waals surface area (Å²) < 4.78 is 11.3. The van der Waals surface area contributed by atoms with Crippen LogP contribution < -0.4 is 19.7 Å². The highest BCUT2D eigenvalue weighted by Crippen LogP contribution is 2.38. The van der Waals surface area contributed by atoms with Crippen LogP contribution in [0.2, 0.25) is 0 Å². The highest BCUT2D eigenvalue weighted by Gasteiger charge is 2.41. The Hall–Kier alpha value is -4.06. The maximum absolute atomic E-state index is 13.8. The van der Waals surface area contributed by atoms with Crippen LogP contribution >= 0.6 is 0 Å². The van der Waals surface area contributed by atoms with Crippen LogP contribution in [0.5, 0.6) is 11.5 Å². The number of nitrogens with one attached hydrogen (secondary N) is 1. The van der Waals surface area contributed by atoms with Gasteiger partial charge in [0, 0.05) is 11.8 Å². The smallest absolute Gasteiger partial charge is 0.282 e. The van der Waals surface area contributed by atoms with Gasteiger partial charge in [0.25, 0.3) is 11.8 Å². The predicted octanol–water partition coefficient (Wildman–Crippen LogP) is 5.09. The van der Waals surface area contributed by atoms with Gasteiger partial charge in [-0.15, -0.1) is 0 Å². The number of anilines is 2. The summed E-state index contributed by atoms with van der Waals surface area (Å²) in [6.07, 6.45) is 0. The van der Waals surface area contributed by atoms with E-state index >= 15 is 0 Å². The number of rotatable bonds is 4. The molecular weight excluding hydrogens is 428 g/mol. The van der Waals surface area contributed by atoms with Crippen molar-refractivity contribution in [3.63, 3.8) is 0 Å². The van der Waals surface area contributed by atoms with Crippen LogP contribution in [0.25, 0.3) is 5.57 Å². The highest BCUT2D eigenvalue weighted by molar-refractivity contribution is 6.46. The second-order valence-electron chi connectivity index (χ2n) is 8.70. The minimum atomic E-state index is -0.387. The lowest BCUT2D eigenvalue weighted by Crippen LogP contribution is -2.33. The zero-order valence-electron chi connectivity index (χ0n) is 19.7. The van der Waals surface area contributed by atoms with Gasteiger partial charge in [-0.1, -0.05) is 30.3 Å². The Kier molecular flexibility index (Phi) is 5.36. The third-order valence-electron chi connectivity index (χ3n) is 6.51. The number of amides is 2. The molecule has 172 valence electrons. The largest absolute Gasteiger partial charge is 0.486 e. The molecule has 0 aliphatic carbocycles. The van der Waals surface area contributed by atoms with Crippen molar-refractivity contribution < 1.29 is 19.1 Å². The molecule has 0 spiro atoms. The van der Waals surface area contributed by atoms with E-state index in [2.05, 4.69) is 5.32 Å². The fourth-order valence-corrected chi connectivity index (χ4v) is 4.27. The molecule has 2 aliphatic heterocycles. The minimum absolute atomic E-state index is 0.242. The monoisotopic (exact) mass is 454 g/mol. The van der Waals surface area contributed by atoms with Gasteiger partial charge in [0.05, 0.1) is 11.3 Å². The molecular formula is C28H26N2O4. The number of carbonyl (C=O) groups is 2. The van der Waals surface area contributed by atoms with Gasteiger partial charge in [-0.2, -0.15) is 0 Å². The molecule has 0 saturated heterocycles. The predicted molar refractivity (Wildman–Crippen MR) is 132 cm³/mol. The number of nitrogens with zero attached hydrogens (tertiary/aromatic N) is 1. The van der Waals surface area contributed by atoms with Crippen molar-refractivity contribution in [1.82, 2.24) is 0 Å². The van der Waals surface area contributed by atoms with E-state index in [9.17, 15) is 9.59 Å². The number of benzene rings is 3. The van der Waals surface area contributed by atoms with Gasteiger partial charge in [-0.05, 0) is 73.7 Å². The molecule has 2 amide bonds. The van der Waals surface area contributed by atoms with E-state index in [0.29, 0.717) is 47.2 Å². The minimum Gasteiger partial charge on any atom is -0.486 e. The summed E-state index contributed by atoms with van der Waals surface area (Å²) in [4.78, 5) is 28.8. The van der Waals surface area contributed by atoms with E-state index in [4.69, 9.17) is 9.47 Å². The molecule has 5 rings (SSSR count). The van der Waals surface area contributed by atoms with Crippen molar-refractivity contribution in [1.29, 1.82) is 0 Å². The average molecular weight is 455 g/mol. The zero-order chi connectivity index (χ0) is 24.0. The molecule has 0 aromatic heterocycles. The summed E-state index contributed by atoms with van der Waals surface area (Å²) in [5.41, 5.74) is 6.61. The van der Waals surface area contributed by atoms with Crippen LogP contribution in [-0.4, -0.2) is 25.0 Å². The summed E-state index contributed by atoms with van der Waals surface area (Å²) in [7, 11) is 0. The lowest BCUT2D eigenvalue weighted by molar-refractivity contribution is -0.120. The lowest BCUT2D eigenvalue weighted by atomic mass is 9.99. The summed E-state index contributed by atoms with van der Waals surface area (Å²) >= 11 is 0. The van der Waals surface area contributed by atoms with Gasteiger partial charge in [-0.25, -0.2) is 4.90 Å². The lowest BCUT2D eigenvalue weighted by Gasteiger charge is -2.20. The maximum atomic E-state index is 13.8. The molecule has 3 aromatic carbocycles. The maximum Gasteiger partial charge on any atom is 0.282 e. The first-order valence-corrected chi connectivity index (χ1v) is 11.3. The Bertz CT molecular complexity index is 1370. The summed E-state index contributed by atoms with van der Waals surface area (Å²) in [5, 5.41) is 3.22. The molecule has 2 aliphatic rings. The second-order valence-corrected chi connectivity index (χ2v) is 8.70. The number of aryl methyl sites for hydroxylation is 3. The molecule has 0 atom stereocenters. The molecule has 6 nitrogen and oxygen atoms in total. The third kappa shape index (κ3) is 3.61. The Morgan fingerprint density at radius 2 is 1.53 bits per heavy atom. The van der Waals surface area contributed by atoms with E-state index in [0.717, 1.165) is 22.3 Å². The molecule has 0 unspecified atom stereocenters. The van der Waals surface area contributed by atoms with Crippen molar-refractivity contribution in [2.24, 2.45) is 0 Å². The molecule has 34 heavy (non-hydrogen) atoms. The summed E-state index contributed by atoms with van der Waals surface area (Å²) in [6.45, 7) is 8.87. The Balaban J connectivity index is 1.62. The molecule has 0 bridgehead atoms. The molecule has 0 saturated carbocycles. The van der Waals surface area contributed by atoms with Gasteiger partial charge in [-0.3, -0.25) is 9.59 Å². The van der Waals surface area contributed by atoms with E-state index in [-0.39, 0.29) is 17.5 Å². The first-order chi connectivity index (χ1) is 16.3. The number of hydrogen-bond acceptors (Lipinski definition) is 5. The van der Waals surface area contributed by atoms with Gasteiger partial charge in [0.15, 0.2) is 11.5 Å². The first-order valence-electron chi connectivity index (χ1n) is 11.3. The Labute approximate surface area is 198 Å². The first kappa shape index (κ1) is 21.8. The summed E-state index contributed by atoms with van der Waals surface area (Å²) in [6, 6.07) is 16.9. The number of imide groups is 1. The SMILES string of the molecule is Cc1ccc(C2=C(Nc3ccc4c(c3)OCCO4)C(=O)N(c3cccc(C)c3C)C2=O)cc1C. The van der Waals surface area contributed by atoms with Crippen molar-refractivity contribution in [2.45, 2.75) is 27.7 Å². The Morgan fingerprint density at radius 3 is 2.29 bits per heavy atom. The van der Waals surface area contributed by atoms with Crippen molar-refractivity contribution >= 4 is 28.8 Å². The zero-order valence-corrected chi connectivity index (χ0v) is 19.7. The Morgan fingerprint density at radius 1 is 0.765 bits per heavy atom. The van der Waals surface area contributed by atoms with Crippen LogP contribution in [0.1, 0.15) is 27.8 Å². The fraction of sp³-hybridized carbons (Fsp3) is 0.214.